The quantitative estimate of drug-likeness (QED) is 0.574. The molecule has 2 aliphatic rings. The van der Waals surface area contributed by atoms with E-state index in [1.807, 2.05) is 55.5 Å². The van der Waals surface area contributed by atoms with Gasteiger partial charge in [-0.15, -0.1) is 0 Å². The number of hydrogen-bond acceptors (Lipinski definition) is 5. The summed E-state index contributed by atoms with van der Waals surface area (Å²) in [6, 6.07) is 15.1. The number of benzene rings is 2. The summed E-state index contributed by atoms with van der Waals surface area (Å²) in [5.74, 6) is -0.247. The van der Waals surface area contributed by atoms with E-state index in [0.29, 0.717) is 40.6 Å². The lowest BCUT2D eigenvalue weighted by Gasteiger charge is -2.39. The maximum absolute atomic E-state index is 13.3. The van der Waals surface area contributed by atoms with E-state index < -0.39 is 11.9 Å². The molecular weight excluding hydrogens is 438 g/mol. The zero-order valence-corrected chi connectivity index (χ0v) is 20.1. The van der Waals surface area contributed by atoms with Crippen LogP contribution < -0.4 is 10.1 Å². The van der Waals surface area contributed by atoms with Crippen molar-refractivity contribution >= 4 is 23.4 Å². The molecule has 1 atom stereocenters. The van der Waals surface area contributed by atoms with Crippen LogP contribution in [0.1, 0.15) is 50.7 Å². The lowest BCUT2D eigenvalue weighted by Crippen LogP contribution is -2.38. The number of carbonyl (C=O) groups is 2. The second-order valence-corrected chi connectivity index (χ2v) is 9.85. The third-order valence-corrected chi connectivity index (χ3v) is 6.37. The van der Waals surface area contributed by atoms with Gasteiger partial charge in [0.1, 0.15) is 12.4 Å². The summed E-state index contributed by atoms with van der Waals surface area (Å²) in [6.07, 6.45) is 1.17. The van der Waals surface area contributed by atoms with Gasteiger partial charge in [-0.1, -0.05) is 49.7 Å². The van der Waals surface area contributed by atoms with Gasteiger partial charge in [0.05, 0.1) is 12.7 Å². The molecular formula is C27H28ClNO4. The van der Waals surface area contributed by atoms with Gasteiger partial charge in [0.2, 0.25) is 0 Å². The molecule has 0 fully saturated rings. The topological polar surface area (TPSA) is 64.6 Å². The monoisotopic (exact) mass is 465 g/mol. The van der Waals surface area contributed by atoms with Gasteiger partial charge in [0.25, 0.3) is 0 Å². The summed E-state index contributed by atoms with van der Waals surface area (Å²) >= 11 is 6.08. The van der Waals surface area contributed by atoms with Crippen molar-refractivity contribution in [3.8, 4) is 5.75 Å². The largest absolute Gasteiger partial charge is 0.489 e. The van der Waals surface area contributed by atoms with E-state index in [0.717, 1.165) is 23.2 Å². The summed E-state index contributed by atoms with van der Waals surface area (Å²) in [6.45, 7) is 6.39. The second kappa shape index (κ2) is 9.06. The van der Waals surface area contributed by atoms with Crippen LogP contribution in [0.25, 0.3) is 0 Å². The first-order valence-electron chi connectivity index (χ1n) is 11.0. The molecule has 4 rings (SSSR count). The van der Waals surface area contributed by atoms with Crippen LogP contribution in [-0.2, 0) is 20.9 Å². The maximum Gasteiger partial charge on any atom is 0.336 e. The number of Topliss-reactive ketones (excluding diaryl/α,β-unsaturated/α-hetero) is 1. The fourth-order valence-corrected chi connectivity index (χ4v) is 4.94. The van der Waals surface area contributed by atoms with Gasteiger partial charge in [-0.05, 0) is 54.2 Å². The first-order chi connectivity index (χ1) is 15.7. The number of ketones is 1. The smallest absolute Gasteiger partial charge is 0.336 e. The van der Waals surface area contributed by atoms with Gasteiger partial charge in [0.15, 0.2) is 5.78 Å². The van der Waals surface area contributed by atoms with Crippen LogP contribution >= 0.6 is 11.6 Å². The number of hydrogen-bond donors (Lipinski definition) is 1. The minimum Gasteiger partial charge on any atom is -0.489 e. The second-order valence-electron chi connectivity index (χ2n) is 9.41. The van der Waals surface area contributed by atoms with Gasteiger partial charge in [-0.3, -0.25) is 4.79 Å². The molecule has 0 bridgehead atoms. The number of halogens is 1. The molecule has 0 aromatic heterocycles. The van der Waals surface area contributed by atoms with Crippen LogP contribution in [0.4, 0.5) is 0 Å². The Morgan fingerprint density at radius 2 is 1.91 bits per heavy atom. The zero-order valence-electron chi connectivity index (χ0n) is 19.3. The first kappa shape index (κ1) is 23.1. The highest BCUT2D eigenvalue weighted by Crippen LogP contribution is 2.47. The third kappa shape index (κ3) is 4.83. The molecule has 2 aromatic rings. The van der Waals surface area contributed by atoms with Crippen molar-refractivity contribution in [2.24, 2.45) is 5.41 Å². The minimum atomic E-state index is -0.507. The van der Waals surface area contributed by atoms with Gasteiger partial charge in [0, 0.05) is 34.3 Å². The molecule has 33 heavy (non-hydrogen) atoms. The number of methoxy groups -OCH3 is 1. The maximum atomic E-state index is 13.3. The highest BCUT2D eigenvalue weighted by molar-refractivity contribution is 6.30. The van der Waals surface area contributed by atoms with E-state index in [1.165, 1.54) is 7.11 Å². The molecule has 6 heteroatoms. The van der Waals surface area contributed by atoms with E-state index in [2.05, 4.69) is 19.2 Å². The van der Waals surface area contributed by atoms with Crippen LogP contribution in [0, 0.1) is 5.41 Å². The minimum absolute atomic E-state index is 0.0536. The van der Waals surface area contributed by atoms with Gasteiger partial charge in [-0.2, -0.15) is 0 Å². The van der Waals surface area contributed by atoms with Crippen molar-refractivity contribution in [2.45, 2.75) is 46.1 Å². The van der Waals surface area contributed by atoms with Crippen LogP contribution in [0.2, 0.25) is 5.02 Å². The average Bonchev–Trinajstić information content (AvgIpc) is 2.75. The zero-order chi connectivity index (χ0) is 23.8. The molecule has 1 aliphatic heterocycles. The molecule has 0 unspecified atom stereocenters. The molecule has 0 amide bonds. The molecule has 2 aromatic carbocycles. The molecule has 172 valence electrons. The Morgan fingerprint density at radius 1 is 1.15 bits per heavy atom. The van der Waals surface area contributed by atoms with Crippen LogP contribution in [-0.4, -0.2) is 18.9 Å². The number of ether oxygens (including phenoxy) is 2. The summed E-state index contributed by atoms with van der Waals surface area (Å²) in [5.41, 5.74) is 4.33. The van der Waals surface area contributed by atoms with Gasteiger partial charge in [-0.25, -0.2) is 4.79 Å². The molecule has 0 radical (unpaired) electrons. The fraction of sp³-hybridized carbons (Fsp3) is 0.333. The van der Waals surface area contributed by atoms with E-state index in [-0.39, 0.29) is 11.2 Å². The Balaban J connectivity index is 1.72. The van der Waals surface area contributed by atoms with Gasteiger partial charge >= 0.3 is 5.97 Å². The number of dihydropyridines is 1. The van der Waals surface area contributed by atoms with Crippen LogP contribution in [0.5, 0.6) is 5.75 Å². The van der Waals surface area contributed by atoms with E-state index in [9.17, 15) is 9.59 Å². The van der Waals surface area contributed by atoms with E-state index >= 15 is 0 Å². The average molecular weight is 466 g/mol. The molecule has 0 saturated heterocycles. The fourth-order valence-electron chi connectivity index (χ4n) is 4.73. The first-order valence-corrected chi connectivity index (χ1v) is 11.4. The molecule has 1 aliphatic carbocycles. The van der Waals surface area contributed by atoms with Crippen molar-refractivity contribution < 1.29 is 19.1 Å². The number of carbonyl (C=O) groups excluding carboxylic acids is 2. The number of nitrogens with one attached hydrogen (secondary N) is 1. The van der Waals surface area contributed by atoms with Crippen molar-refractivity contribution in [2.75, 3.05) is 7.11 Å². The summed E-state index contributed by atoms with van der Waals surface area (Å²) in [5, 5.41) is 3.98. The predicted octanol–water partition coefficient (Wildman–Crippen LogP) is 5.70. The molecule has 1 N–H and O–H groups in total. The number of rotatable bonds is 5. The van der Waals surface area contributed by atoms with Crippen molar-refractivity contribution in [1.82, 2.24) is 5.32 Å². The summed E-state index contributed by atoms with van der Waals surface area (Å²) < 4.78 is 11.1. The Morgan fingerprint density at radius 3 is 2.64 bits per heavy atom. The number of esters is 1. The Hall–Kier alpha value is -3.05. The molecule has 0 spiro atoms. The lowest BCUT2D eigenvalue weighted by molar-refractivity contribution is -0.136. The highest BCUT2D eigenvalue weighted by atomic mass is 35.5. The Bertz CT molecular complexity index is 1180. The highest BCUT2D eigenvalue weighted by Gasteiger charge is 2.43. The normalized spacial score (nSPS) is 19.7. The van der Waals surface area contributed by atoms with Crippen LogP contribution in [0.15, 0.2) is 71.1 Å². The van der Waals surface area contributed by atoms with Crippen molar-refractivity contribution in [3.05, 3.63) is 87.2 Å². The summed E-state index contributed by atoms with van der Waals surface area (Å²) in [4.78, 5) is 26.1. The molecule has 1 heterocycles. The standard InChI is InChI=1S/C27H28ClNO4/c1-16-23(26(31)32-4)24(25-21(29-16)13-27(2,3)14-22(25)30)18-8-6-10-20(12-18)33-15-17-7-5-9-19(28)11-17/h5-12,24,29H,13-15H2,1-4H3/t24-/m1/s1. The number of allylic oxidation sites excluding steroid dienone is 3. The predicted molar refractivity (Wildman–Crippen MR) is 128 cm³/mol. The van der Waals surface area contributed by atoms with Gasteiger partial charge < -0.3 is 14.8 Å². The molecule has 5 nitrogen and oxygen atoms in total. The third-order valence-electron chi connectivity index (χ3n) is 6.13. The van der Waals surface area contributed by atoms with E-state index in [1.54, 1.807) is 0 Å². The van der Waals surface area contributed by atoms with Crippen molar-refractivity contribution in [3.63, 3.8) is 0 Å². The summed E-state index contributed by atoms with van der Waals surface area (Å²) in [7, 11) is 1.36. The SMILES string of the molecule is COC(=O)C1=C(C)NC2=C(C(=O)CC(C)(C)C2)[C@@H]1c1cccc(OCc2cccc(Cl)c2)c1. The Labute approximate surface area is 199 Å². The lowest BCUT2D eigenvalue weighted by atomic mass is 9.68. The molecule has 0 saturated carbocycles. The van der Waals surface area contributed by atoms with Crippen molar-refractivity contribution in [1.29, 1.82) is 0 Å². The Kier molecular flexibility index (Phi) is 6.35. The van der Waals surface area contributed by atoms with E-state index in [4.69, 9.17) is 21.1 Å². The van der Waals surface area contributed by atoms with Crippen LogP contribution in [0.3, 0.4) is 0 Å².